The number of carboxylic acids is 3. The van der Waals surface area contributed by atoms with Gasteiger partial charge in [0, 0.05) is 18.4 Å². The molecule has 0 unspecified atom stereocenters. The fourth-order valence-electron chi connectivity index (χ4n) is 0. The van der Waals surface area contributed by atoms with Gasteiger partial charge >= 0.3 is 74.6 Å². The molecular formula is C9H20Na2O9Si. The Bertz CT molecular complexity index is 203. The predicted molar refractivity (Wildman–Crippen MR) is 62.3 cm³/mol. The first-order valence-electron chi connectivity index (χ1n) is 5.20. The van der Waals surface area contributed by atoms with Crippen LogP contribution in [0.3, 0.4) is 0 Å². The summed E-state index contributed by atoms with van der Waals surface area (Å²) in [5.74, 6) is -2.74. The van der Waals surface area contributed by atoms with Crippen molar-refractivity contribution in [2.24, 2.45) is 0 Å². The smallest absolute Gasteiger partial charge is 0.550 e. The van der Waals surface area contributed by atoms with Crippen LogP contribution in [-0.2, 0) is 14.4 Å². The molecule has 0 rings (SSSR count). The molecule has 0 saturated heterocycles. The summed E-state index contributed by atoms with van der Waals surface area (Å²) in [4.78, 5) is 49.8. The van der Waals surface area contributed by atoms with Gasteiger partial charge < -0.3 is 39.3 Å². The molecule has 12 heteroatoms. The summed E-state index contributed by atoms with van der Waals surface area (Å²) in [6.45, 7) is 4.67. The van der Waals surface area contributed by atoms with E-state index < -0.39 is 27.4 Å². The van der Waals surface area contributed by atoms with Gasteiger partial charge in [0.1, 0.15) is 0 Å². The Hall–Kier alpha value is 0.507. The maximum Gasteiger partial charge on any atom is 1.00 e. The van der Waals surface area contributed by atoms with Crippen molar-refractivity contribution in [1.29, 1.82) is 0 Å². The second-order valence-corrected chi connectivity index (χ2v) is 3.24. The van der Waals surface area contributed by atoms with Gasteiger partial charge in [-0.25, -0.2) is 0 Å². The number of hydrogen-bond donors (Lipinski definition) is 4. The largest absolute Gasteiger partial charge is 1.00 e. The molecule has 0 spiro atoms. The van der Waals surface area contributed by atoms with Crippen LogP contribution >= 0.6 is 0 Å². The van der Waals surface area contributed by atoms with Gasteiger partial charge in [0.2, 0.25) is 0 Å². The third kappa shape index (κ3) is 166. The molecule has 0 radical (unpaired) electrons. The summed E-state index contributed by atoms with van der Waals surface area (Å²) in [6.07, 6.45) is 0.444. The fraction of sp³-hybridized carbons (Fsp3) is 0.667. The zero-order valence-electron chi connectivity index (χ0n) is 13.0. The van der Waals surface area contributed by atoms with Gasteiger partial charge in [-0.05, 0) is 12.8 Å². The van der Waals surface area contributed by atoms with E-state index in [0.717, 1.165) is 0 Å². The van der Waals surface area contributed by atoms with Crippen LogP contribution < -0.4 is 69.3 Å². The molecule has 0 heterocycles. The van der Waals surface area contributed by atoms with E-state index >= 15 is 0 Å². The van der Waals surface area contributed by atoms with E-state index in [0.29, 0.717) is 0 Å². The van der Waals surface area contributed by atoms with Crippen LogP contribution in [0.5, 0.6) is 0 Å². The molecule has 0 aliphatic carbocycles. The molecule has 0 aromatic heterocycles. The van der Waals surface area contributed by atoms with Gasteiger partial charge in [0.15, 0.2) is 0 Å². The van der Waals surface area contributed by atoms with Gasteiger partial charge in [-0.1, -0.05) is 20.8 Å². The number of hydrogen-bond acceptors (Lipinski definition) is 8. The molecule has 0 fully saturated rings. The summed E-state index contributed by atoms with van der Waals surface area (Å²) < 4.78 is 0. The molecule has 0 saturated carbocycles. The molecule has 0 aliphatic heterocycles. The first-order valence-corrected chi connectivity index (χ1v) is 6.75. The summed E-state index contributed by atoms with van der Waals surface area (Å²) in [5.41, 5.74) is 0. The average Bonchev–Trinajstić information content (AvgIpc) is 2.29. The molecule has 9 nitrogen and oxygen atoms in total. The van der Waals surface area contributed by atoms with E-state index in [1.54, 1.807) is 6.92 Å². The van der Waals surface area contributed by atoms with Crippen LogP contribution in [0, 0.1) is 0 Å². The van der Waals surface area contributed by atoms with E-state index in [1.807, 2.05) is 0 Å². The van der Waals surface area contributed by atoms with Crippen molar-refractivity contribution in [1.82, 2.24) is 0 Å². The van der Waals surface area contributed by atoms with Crippen molar-refractivity contribution in [2.45, 2.75) is 40.0 Å². The summed E-state index contributed by atoms with van der Waals surface area (Å²) in [7, 11) is -3.14. The maximum atomic E-state index is 9.37. The van der Waals surface area contributed by atoms with Gasteiger partial charge in [0.05, 0.1) is 0 Å². The minimum absolute atomic E-state index is 0. The molecule has 4 N–H and O–H groups in total. The second-order valence-electron chi connectivity index (χ2n) is 2.54. The number of carboxylic acid groups (broad SMARTS) is 3. The quantitative estimate of drug-likeness (QED) is 0.361. The normalized spacial score (nSPS) is 7.00. The summed E-state index contributed by atoms with van der Waals surface area (Å²) >= 11 is 0. The summed E-state index contributed by atoms with van der Waals surface area (Å²) in [6, 6.07) is 0. The van der Waals surface area contributed by atoms with Crippen molar-refractivity contribution in [3.05, 3.63) is 0 Å². The molecule has 0 atom stereocenters. The van der Waals surface area contributed by atoms with Crippen molar-refractivity contribution in [2.75, 3.05) is 0 Å². The van der Waals surface area contributed by atoms with Gasteiger partial charge in [-0.2, -0.15) is 0 Å². The standard InChI is InChI=1S/3C3H6O2.2Na.H4O3Si/c3*1-2-3(4)5;;;1-4(2)3/h3*2H2,1H3,(H,4,5);;;1-4H/q;;;2*+1;/p-2. The van der Waals surface area contributed by atoms with Crippen LogP contribution in [0.2, 0.25) is 0 Å². The van der Waals surface area contributed by atoms with E-state index in [4.69, 9.17) is 19.5 Å². The zero-order valence-corrected chi connectivity index (χ0v) is 18.2. The molecule has 0 aromatic rings. The Morgan fingerprint density at radius 3 is 0.905 bits per heavy atom. The number of rotatable bonds is 3. The minimum Gasteiger partial charge on any atom is -0.550 e. The van der Waals surface area contributed by atoms with Crippen LogP contribution in [-0.4, -0.2) is 46.9 Å². The van der Waals surface area contributed by atoms with Crippen LogP contribution in [0.1, 0.15) is 40.0 Å². The first kappa shape index (κ1) is 37.6. The summed E-state index contributed by atoms with van der Waals surface area (Å²) in [5, 5.41) is 26.2. The SMILES string of the molecule is CCC(=O)O.CCC(=O)[O-].CCC(=O)[O-].O[SiH](O)O.[Na+].[Na+]. The van der Waals surface area contributed by atoms with E-state index in [2.05, 4.69) is 0 Å². The van der Waals surface area contributed by atoms with Crippen LogP contribution in [0.15, 0.2) is 0 Å². The Labute approximate surface area is 169 Å². The third-order valence-electron chi connectivity index (χ3n) is 0.880. The molecule has 0 aromatic carbocycles. The Balaban J connectivity index is -0.0000000347. The fourth-order valence-corrected chi connectivity index (χ4v) is 0. The monoisotopic (exact) mass is 346 g/mol. The number of carbonyl (C=O) groups is 3. The number of carbonyl (C=O) groups excluding carboxylic acids is 2. The maximum absolute atomic E-state index is 9.37. The van der Waals surface area contributed by atoms with Gasteiger partial charge in [-0.15, -0.1) is 0 Å². The predicted octanol–water partition coefficient (Wildman–Crippen LogP) is -9.54. The van der Waals surface area contributed by atoms with E-state index in [1.165, 1.54) is 13.8 Å². The van der Waals surface area contributed by atoms with Crippen molar-refractivity contribution < 1.29 is 103 Å². The second kappa shape index (κ2) is 32.5. The van der Waals surface area contributed by atoms with E-state index in [9.17, 15) is 24.6 Å². The Kier molecular flexibility index (Phi) is 58.1. The average molecular weight is 346 g/mol. The molecule has 116 valence electrons. The molecule has 0 amide bonds. The molecule has 0 aliphatic rings. The third-order valence-corrected chi connectivity index (χ3v) is 0.880. The van der Waals surface area contributed by atoms with Crippen molar-refractivity contribution >= 4 is 27.4 Å². The Morgan fingerprint density at radius 2 is 0.905 bits per heavy atom. The van der Waals surface area contributed by atoms with E-state index in [-0.39, 0.29) is 78.4 Å². The van der Waals surface area contributed by atoms with Crippen molar-refractivity contribution in [3.8, 4) is 0 Å². The zero-order chi connectivity index (χ0) is 16.4. The Morgan fingerprint density at radius 1 is 0.810 bits per heavy atom. The minimum atomic E-state index is -3.14. The first-order chi connectivity index (χ1) is 8.54. The molecule has 0 bridgehead atoms. The van der Waals surface area contributed by atoms with Gasteiger partial charge in [-0.3, -0.25) is 4.79 Å². The van der Waals surface area contributed by atoms with Crippen LogP contribution in [0.25, 0.3) is 0 Å². The molecular weight excluding hydrogens is 326 g/mol. The number of aliphatic carboxylic acids is 3. The topological polar surface area (TPSA) is 178 Å². The van der Waals surface area contributed by atoms with Crippen LogP contribution in [0.4, 0.5) is 0 Å². The van der Waals surface area contributed by atoms with Crippen molar-refractivity contribution in [3.63, 3.8) is 0 Å². The van der Waals surface area contributed by atoms with Gasteiger partial charge in [0.25, 0.3) is 0 Å². The molecule has 21 heavy (non-hydrogen) atoms.